The van der Waals surface area contributed by atoms with Gasteiger partial charge in [-0.3, -0.25) is 0 Å². The van der Waals surface area contributed by atoms with Crippen LogP contribution in [0.2, 0.25) is 0 Å². The van der Waals surface area contributed by atoms with Gasteiger partial charge in [0.1, 0.15) is 11.5 Å². The summed E-state index contributed by atoms with van der Waals surface area (Å²) in [5, 5.41) is 22.2. The average molecular weight is 312 g/mol. The van der Waals surface area contributed by atoms with E-state index in [4.69, 9.17) is 0 Å². The number of likely N-dealkylation sites (tertiary alicyclic amines) is 1. The molecule has 0 aliphatic carbocycles. The fraction of sp³-hybridized carbons (Fsp3) is 0.278. The molecule has 5 heteroatoms. The second kappa shape index (κ2) is 6.60. The molecule has 1 saturated heterocycles. The number of urea groups is 1. The number of aromatic hydroxyl groups is 2. The number of phenols is 2. The molecule has 0 bridgehead atoms. The highest BCUT2D eigenvalue weighted by atomic mass is 16.3. The van der Waals surface area contributed by atoms with E-state index in [0.29, 0.717) is 13.1 Å². The maximum atomic E-state index is 12.3. The lowest BCUT2D eigenvalue weighted by atomic mass is 9.89. The molecule has 1 heterocycles. The molecule has 3 N–H and O–H groups in total. The van der Waals surface area contributed by atoms with Crippen LogP contribution in [0.25, 0.3) is 0 Å². The van der Waals surface area contributed by atoms with E-state index in [1.54, 1.807) is 17.0 Å². The van der Waals surface area contributed by atoms with Crippen molar-refractivity contribution in [3.8, 4) is 11.5 Å². The molecule has 5 nitrogen and oxygen atoms in total. The summed E-state index contributed by atoms with van der Waals surface area (Å²) in [5.41, 5.74) is 1.63. The number of carbonyl (C=O) groups excluding carboxylic acids is 1. The van der Waals surface area contributed by atoms with Crippen molar-refractivity contribution in [1.29, 1.82) is 0 Å². The van der Waals surface area contributed by atoms with Gasteiger partial charge in [0.25, 0.3) is 0 Å². The molecular formula is C18H20N2O3. The van der Waals surface area contributed by atoms with Crippen molar-refractivity contribution in [2.24, 2.45) is 0 Å². The number of hydrogen-bond donors (Lipinski definition) is 3. The number of piperidine rings is 1. The van der Waals surface area contributed by atoms with Gasteiger partial charge in [-0.1, -0.05) is 24.3 Å². The first-order valence-corrected chi connectivity index (χ1v) is 7.76. The third-order valence-electron chi connectivity index (χ3n) is 4.26. The lowest BCUT2D eigenvalue weighted by Gasteiger charge is -2.32. The van der Waals surface area contributed by atoms with Crippen molar-refractivity contribution in [3.63, 3.8) is 0 Å². The Morgan fingerprint density at radius 3 is 2.39 bits per heavy atom. The van der Waals surface area contributed by atoms with E-state index >= 15 is 0 Å². The topological polar surface area (TPSA) is 72.8 Å². The number of anilines is 1. The number of nitrogens with one attached hydrogen (secondary N) is 1. The summed E-state index contributed by atoms with van der Waals surface area (Å²) >= 11 is 0. The summed E-state index contributed by atoms with van der Waals surface area (Å²) in [6, 6.07) is 14.0. The molecule has 0 saturated carbocycles. The predicted octanol–water partition coefficient (Wildman–Crippen LogP) is 3.51. The van der Waals surface area contributed by atoms with Crippen LogP contribution in [0.5, 0.6) is 11.5 Å². The number of nitrogens with zero attached hydrogens (tertiary/aromatic N) is 1. The van der Waals surface area contributed by atoms with Gasteiger partial charge in [0, 0.05) is 24.8 Å². The summed E-state index contributed by atoms with van der Waals surface area (Å²) in [7, 11) is 0. The highest BCUT2D eigenvalue weighted by Gasteiger charge is 2.25. The van der Waals surface area contributed by atoms with Gasteiger partial charge < -0.3 is 20.4 Å². The van der Waals surface area contributed by atoms with Crippen LogP contribution in [0.1, 0.15) is 24.3 Å². The highest BCUT2D eigenvalue weighted by molar-refractivity contribution is 5.89. The van der Waals surface area contributed by atoms with Crippen LogP contribution in [-0.4, -0.2) is 34.2 Å². The van der Waals surface area contributed by atoms with Crippen molar-refractivity contribution in [1.82, 2.24) is 4.90 Å². The zero-order valence-electron chi connectivity index (χ0n) is 12.8. The third kappa shape index (κ3) is 3.56. The van der Waals surface area contributed by atoms with Crippen molar-refractivity contribution in [3.05, 3.63) is 54.1 Å². The average Bonchev–Trinajstić information content (AvgIpc) is 2.56. The zero-order valence-corrected chi connectivity index (χ0v) is 12.8. The van der Waals surface area contributed by atoms with Crippen molar-refractivity contribution >= 4 is 11.7 Å². The van der Waals surface area contributed by atoms with Gasteiger partial charge in [-0.2, -0.15) is 0 Å². The molecule has 1 aliphatic heterocycles. The monoisotopic (exact) mass is 312 g/mol. The van der Waals surface area contributed by atoms with Gasteiger partial charge in [-0.25, -0.2) is 4.79 Å². The molecule has 0 unspecified atom stereocenters. The van der Waals surface area contributed by atoms with Crippen molar-refractivity contribution in [2.45, 2.75) is 18.8 Å². The lowest BCUT2D eigenvalue weighted by molar-refractivity contribution is 0.194. The second-order valence-corrected chi connectivity index (χ2v) is 5.80. The smallest absolute Gasteiger partial charge is 0.321 e. The fourth-order valence-corrected chi connectivity index (χ4v) is 2.99. The van der Waals surface area contributed by atoms with E-state index in [1.165, 1.54) is 6.07 Å². The summed E-state index contributed by atoms with van der Waals surface area (Å²) in [5.74, 6) is 0.388. The molecular weight excluding hydrogens is 292 g/mol. The van der Waals surface area contributed by atoms with Crippen LogP contribution in [0.4, 0.5) is 10.5 Å². The van der Waals surface area contributed by atoms with Gasteiger partial charge in [0.15, 0.2) is 0 Å². The Kier molecular flexibility index (Phi) is 4.37. The largest absolute Gasteiger partial charge is 0.508 e. The van der Waals surface area contributed by atoms with Gasteiger partial charge in [0.2, 0.25) is 0 Å². The molecule has 0 aromatic heterocycles. The number of hydrogen-bond acceptors (Lipinski definition) is 3. The molecule has 23 heavy (non-hydrogen) atoms. The standard InChI is InChI=1S/C18H20N2O3/c21-15-6-7-16(17(22)12-15)13-8-10-20(11-9-13)18(23)19-14-4-2-1-3-5-14/h1-7,12-13,21-22H,8-11H2,(H,19,23). The molecule has 0 spiro atoms. The zero-order chi connectivity index (χ0) is 16.2. The van der Waals surface area contributed by atoms with E-state index in [-0.39, 0.29) is 23.4 Å². The van der Waals surface area contributed by atoms with E-state index in [2.05, 4.69) is 5.32 Å². The number of amides is 2. The van der Waals surface area contributed by atoms with E-state index in [1.807, 2.05) is 30.3 Å². The maximum Gasteiger partial charge on any atom is 0.321 e. The Morgan fingerprint density at radius 2 is 1.74 bits per heavy atom. The highest BCUT2D eigenvalue weighted by Crippen LogP contribution is 2.35. The molecule has 1 fully saturated rings. The summed E-state index contributed by atoms with van der Waals surface area (Å²) in [6.07, 6.45) is 1.58. The summed E-state index contributed by atoms with van der Waals surface area (Å²) < 4.78 is 0. The number of rotatable bonds is 2. The van der Waals surface area contributed by atoms with E-state index in [9.17, 15) is 15.0 Å². The maximum absolute atomic E-state index is 12.3. The number of phenolic OH excluding ortho intramolecular Hbond substituents is 2. The summed E-state index contributed by atoms with van der Waals surface area (Å²) in [6.45, 7) is 1.29. The first-order valence-electron chi connectivity index (χ1n) is 7.76. The summed E-state index contributed by atoms with van der Waals surface area (Å²) in [4.78, 5) is 14.0. The first-order chi connectivity index (χ1) is 11.1. The third-order valence-corrected chi connectivity index (χ3v) is 4.26. The van der Waals surface area contributed by atoms with Crippen LogP contribution in [0.3, 0.4) is 0 Å². The van der Waals surface area contributed by atoms with Crippen molar-refractivity contribution in [2.75, 3.05) is 18.4 Å². The van der Waals surface area contributed by atoms with E-state index in [0.717, 1.165) is 24.1 Å². The van der Waals surface area contributed by atoms with Gasteiger partial charge >= 0.3 is 6.03 Å². The normalized spacial score (nSPS) is 15.4. The van der Waals surface area contributed by atoms with Crippen LogP contribution < -0.4 is 5.32 Å². The Hall–Kier alpha value is -2.69. The molecule has 1 aliphatic rings. The Labute approximate surface area is 135 Å². The van der Waals surface area contributed by atoms with Crippen LogP contribution >= 0.6 is 0 Å². The predicted molar refractivity (Wildman–Crippen MR) is 88.8 cm³/mol. The quantitative estimate of drug-likeness (QED) is 0.794. The number of benzene rings is 2. The Bertz CT molecular complexity index is 680. The lowest BCUT2D eigenvalue weighted by Crippen LogP contribution is -2.40. The van der Waals surface area contributed by atoms with Crippen LogP contribution in [-0.2, 0) is 0 Å². The Balaban J connectivity index is 1.59. The second-order valence-electron chi connectivity index (χ2n) is 5.80. The molecule has 0 atom stereocenters. The minimum absolute atomic E-state index is 0.0610. The van der Waals surface area contributed by atoms with Gasteiger partial charge in [-0.15, -0.1) is 0 Å². The van der Waals surface area contributed by atoms with Gasteiger partial charge in [-0.05, 0) is 42.5 Å². The van der Waals surface area contributed by atoms with Crippen molar-refractivity contribution < 1.29 is 15.0 Å². The molecule has 2 amide bonds. The van der Waals surface area contributed by atoms with Crippen LogP contribution in [0, 0.1) is 0 Å². The SMILES string of the molecule is O=C(Nc1ccccc1)N1CCC(c2ccc(O)cc2O)CC1. The van der Waals surface area contributed by atoms with E-state index < -0.39 is 0 Å². The fourth-order valence-electron chi connectivity index (χ4n) is 2.99. The molecule has 0 radical (unpaired) electrons. The molecule has 2 aromatic carbocycles. The molecule has 2 aromatic rings. The van der Waals surface area contributed by atoms with Crippen LogP contribution in [0.15, 0.2) is 48.5 Å². The molecule has 120 valence electrons. The Morgan fingerprint density at radius 1 is 1.04 bits per heavy atom. The number of carbonyl (C=O) groups is 1. The number of para-hydroxylation sites is 1. The van der Waals surface area contributed by atoms with Gasteiger partial charge in [0.05, 0.1) is 0 Å². The first kappa shape index (κ1) is 15.2. The minimum Gasteiger partial charge on any atom is -0.508 e. The minimum atomic E-state index is -0.0930. The molecule has 3 rings (SSSR count).